The van der Waals surface area contributed by atoms with E-state index in [-0.39, 0.29) is 17.6 Å². The highest BCUT2D eigenvalue weighted by Gasteiger charge is 2.20. The first-order chi connectivity index (χ1) is 9.58. The molecule has 106 valence electrons. The van der Waals surface area contributed by atoms with Crippen LogP contribution in [0.1, 0.15) is 12.5 Å². The Balaban J connectivity index is 1.93. The van der Waals surface area contributed by atoms with Crippen LogP contribution >= 0.6 is 0 Å². The molecule has 0 atom stereocenters. The molecular weight excluding hydrogens is 259 g/mol. The van der Waals surface area contributed by atoms with Crippen LogP contribution in [0.15, 0.2) is 30.3 Å². The van der Waals surface area contributed by atoms with Crippen molar-refractivity contribution >= 4 is 17.9 Å². The summed E-state index contributed by atoms with van der Waals surface area (Å²) in [6.07, 6.45) is 2.86. The molecule has 0 bridgehead atoms. The lowest BCUT2D eigenvalue weighted by molar-refractivity contribution is -0.135. The standard InChI is InChI=1S/C15H17FN2O2/c1-12(19)17-8-10-18(11-9-17)15(20)7-6-13-4-2-3-5-14(13)16/h2-7H,8-11H2,1H3. The molecule has 1 fully saturated rings. The Hall–Kier alpha value is -2.17. The molecule has 1 aromatic rings. The zero-order valence-corrected chi connectivity index (χ0v) is 11.4. The molecule has 1 aromatic carbocycles. The van der Waals surface area contributed by atoms with Gasteiger partial charge in [-0.1, -0.05) is 18.2 Å². The fourth-order valence-electron chi connectivity index (χ4n) is 2.12. The van der Waals surface area contributed by atoms with Crippen molar-refractivity contribution in [2.24, 2.45) is 0 Å². The maximum absolute atomic E-state index is 13.4. The number of carbonyl (C=O) groups excluding carboxylic acids is 2. The van der Waals surface area contributed by atoms with Gasteiger partial charge in [0.2, 0.25) is 11.8 Å². The Labute approximate surface area is 117 Å². The summed E-state index contributed by atoms with van der Waals surface area (Å²) in [5.74, 6) is -0.478. The molecular formula is C15H17FN2O2. The second-order valence-corrected chi connectivity index (χ2v) is 4.69. The zero-order valence-electron chi connectivity index (χ0n) is 11.4. The lowest BCUT2D eigenvalue weighted by atomic mass is 10.2. The Kier molecular flexibility index (Phi) is 4.50. The molecule has 0 spiro atoms. The van der Waals surface area contributed by atoms with E-state index in [2.05, 4.69) is 0 Å². The van der Waals surface area contributed by atoms with Crippen LogP contribution in [-0.2, 0) is 9.59 Å². The number of hydrogen-bond donors (Lipinski definition) is 0. The predicted molar refractivity (Wildman–Crippen MR) is 74.3 cm³/mol. The minimum atomic E-state index is -0.349. The number of benzene rings is 1. The van der Waals surface area contributed by atoms with Gasteiger partial charge in [0, 0.05) is 44.7 Å². The molecule has 0 N–H and O–H groups in total. The molecule has 5 heteroatoms. The summed E-state index contributed by atoms with van der Waals surface area (Å²) >= 11 is 0. The van der Waals surface area contributed by atoms with E-state index in [0.29, 0.717) is 31.7 Å². The zero-order chi connectivity index (χ0) is 14.5. The topological polar surface area (TPSA) is 40.6 Å². The van der Waals surface area contributed by atoms with Gasteiger partial charge in [-0.15, -0.1) is 0 Å². The summed E-state index contributed by atoms with van der Waals surface area (Å²) in [5, 5.41) is 0. The van der Waals surface area contributed by atoms with Crippen LogP contribution in [0.3, 0.4) is 0 Å². The van der Waals surface area contributed by atoms with Gasteiger partial charge in [0.05, 0.1) is 0 Å². The minimum absolute atomic E-state index is 0.0268. The van der Waals surface area contributed by atoms with Crippen LogP contribution in [0.25, 0.3) is 6.08 Å². The first kappa shape index (κ1) is 14.2. The Morgan fingerprint density at radius 2 is 1.70 bits per heavy atom. The number of carbonyl (C=O) groups is 2. The van der Waals surface area contributed by atoms with Crippen molar-refractivity contribution in [2.75, 3.05) is 26.2 Å². The molecule has 1 saturated heterocycles. The fourth-order valence-corrected chi connectivity index (χ4v) is 2.12. The van der Waals surface area contributed by atoms with E-state index >= 15 is 0 Å². The van der Waals surface area contributed by atoms with Gasteiger partial charge in [-0.05, 0) is 12.1 Å². The average Bonchev–Trinajstić information content (AvgIpc) is 2.46. The van der Waals surface area contributed by atoms with E-state index in [1.54, 1.807) is 28.0 Å². The van der Waals surface area contributed by atoms with Crippen LogP contribution in [-0.4, -0.2) is 47.8 Å². The van der Waals surface area contributed by atoms with Gasteiger partial charge < -0.3 is 9.80 Å². The third kappa shape index (κ3) is 3.44. The molecule has 2 amide bonds. The van der Waals surface area contributed by atoms with Crippen molar-refractivity contribution in [1.29, 1.82) is 0 Å². The third-order valence-electron chi connectivity index (χ3n) is 3.35. The minimum Gasteiger partial charge on any atom is -0.339 e. The Morgan fingerprint density at radius 3 is 2.30 bits per heavy atom. The van der Waals surface area contributed by atoms with Crippen molar-refractivity contribution in [3.63, 3.8) is 0 Å². The van der Waals surface area contributed by atoms with Crippen LogP contribution in [0.2, 0.25) is 0 Å². The summed E-state index contributed by atoms with van der Waals surface area (Å²) in [7, 11) is 0. The molecule has 0 saturated carbocycles. The van der Waals surface area contributed by atoms with Crippen LogP contribution in [0.4, 0.5) is 4.39 Å². The van der Waals surface area contributed by atoms with Gasteiger partial charge in [0.15, 0.2) is 0 Å². The summed E-state index contributed by atoms with van der Waals surface area (Å²) < 4.78 is 13.4. The van der Waals surface area contributed by atoms with Crippen LogP contribution in [0, 0.1) is 5.82 Å². The average molecular weight is 276 g/mol. The number of piperazine rings is 1. The van der Waals surface area contributed by atoms with Gasteiger partial charge >= 0.3 is 0 Å². The lowest BCUT2D eigenvalue weighted by Gasteiger charge is -2.33. The molecule has 0 radical (unpaired) electrons. The van der Waals surface area contributed by atoms with Crippen LogP contribution < -0.4 is 0 Å². The molecule has 2 rings (SSSR count). The monoisotopic (exact) mass is 276 g/mol. The molecule has 4 nitrogen and oxygen atoms in total. The first-order valence-corrected chi connectivity index (χ1v) is 6.55. The molecule has 0 aromatic heterocycles. The second-order valence-electron chi connectivity index (χ2n) is 4.69. The van der Waals surface area contributed by atoms with Gasteiger partial charge in [0.1, 0.15) is 5.82 Å². The first-order valence-electron chi connectivity index (χ1n) is 6.55. The number of amides is 2. The van der Waals surface area contributed by atoms with Gasteiger partial charge in [-0.3, -0.25) is 9.59 Å². The maximum atomic E-state index is 13.4. The maximum Gasteiger partial charge on any atom is 0.246 e. The van der Waals surface area contributed by atoms with Crippen molar-refractivity contribution in [1.82, 2.24) is 9.80 Å². The van der Waals surface area contributed by atoms with Crippen molar-refractivity contribution < 1.29 is 14.0 Å². The Bertz CT molecular complexity index is 534. The number of hydrogen-bond acceptors (Lipinski definition) is 2. The SMILES string of the molecule is CC(=O)N1CCN(C(=O)C=Cc2ccccc2F)CC1. The fraction of sp³-hybridized carbons (Fsp3) is 0.333. The van der Waals surface area contributed by atoms with E-state index in [1.165, 1.54) is 25.1 Å². The summed E-state index contributed by atoms with van der Waals surface area (Å²) in [4.78, 5) is 26.5. The Morgan fingerprint density at radius 1 is 1.10 bits per heavy atom. The number of rotatable bonds is 2. The summed E-state index contributed by atoms with van der Waals surface area (Å²) in [5.41, 5.74) is 0.392. The molecule has 1 heterocycles. The van der Waals surface area contributed by atoms with E-state index in [4.69, 9.17) is 0 Å². The smallest absolute Gasteiger partial charge is 0.246 e. The van der Waals surface area contributed by atoms with Crippen LogP contribution in [0.5, 0.6) is 0 Å². The normalized spacial score (nSPS) is 15.7. The molecule has 0 unspecified atom stereocenters. The van der Waals surface area contributed by atoms with Gasteiger partial charge in [0.25, 0.3) is 0 Å². The lowest BCUT2D eigenvalue weighted by Crippen LogP contribution is -2.49. The van der Waals surface area contributed by atoms with Crippen molar-refractivity contribution in [3.8, 4) is 0 Å². The van der Waals surface area contributed by atoms with Crippen molar-refractivity contribution in [3.05, 3.63) is 41.7 Å². The second kappa shape index (κ2) is 6.32. The van der Waals surface area contributed by atoms with E-state index in [1.807, 2.05) is 0 Å². The number of nitrogens with zero attached hydrogens (tertiary/aromatic N) is 2. The predicted octanol–water partition coefficient (Wildman–Crippen LogP) is 1.53. The van der Waals surface area contributed by atoms with E-state index in [9.17, 15) is 14.0 Å². The highest BCUT2D eigenvalue weighted by atomic mass is 19.1. The van der Waals surface area contributed by atoms with Gasteiger partial charge in [-0.25, -0.2) is 4.39 Å². The largest absolute Gasteiger partial charge is 0.339 e. The molecule has 1 aliphatic rings. The summed E-state index contributed by atoms with van der Waals surface area (Å²) in [6.45, 7) is 3.65. The highest BCUT2D eigenvalue weighted by molar-refractivity contribution is 5.92. The summed E-state index contributed by atoms with van der Waals surface area (Å²) in [6, 6.07) is 6.30. The van der Waals surface area contributed by atoms with E-state index < -0.39 is 0 Å². The molecule has 0 aliphatic carbocycles. The third-order valence-corrected chi connectivity index (χ3v) is 3.35. The van der Waals surface area contributed by atoms with Gasteiger partial charge in [-0.2, -0.15) is 0 Å². The van der Waals surface area contributed by atoms with Crippen molar-refractivity contribution in [2.45, 2.75) is 6.92 Å². The molecule has 1 aliphatic heterocycles. The molecule has 20 heavy (non-hydrogen) atoms. The van der Waals surface area contributed by atoms with E-state index in [0.717, 1.165) is 0 Å². The number of halogens is 1. The quantitative estimate of drug-likeness (QED) is 0.769. The highest BCUT2D eigenvalue weighted by Crippen LogP contribution is 2.09.